The normalized spacial score (nSPS) is 16.1. The molecule has 4 heterocycles. The molecule has 1 aliphatic heterocycles. The quantitative estimate of drug-likeness (QED) is 0.164. The summed E-state index contributed by atoms with van der Waals surface area (Å²) >= 11 is 0. The van der Waals surface area contributed by atoms with Crippen LogP contribution in [0.2, 0.25) is 0 Å². The van der Waals surface area contributed by atoms with Gasteiger partial charge in [-0.2, -0.15) is 26.3 Å². The van der Waals surface area contributed by atoms with Crippen molar-refractivity contribution >= 4 is 20.2 Å². The third-order valence-corrected chi connectivity index (χ3v) is 7.09. The summed E-state index contributed by atoms with van der Waals surface area (Å²) in [4.78, 5) is 18.8. The zero-order chi connectivity index (χ0) is 33.2. The van der Waals surface area contributed by atoms with E-state index in [9.17, 15) is 26.3 Å². The molecular formula is C25H27F6FeN5O6S2+2. The van der Waals surface area contributed by atoms with Gasteiger partial charge in [-0.1, -0.05) is 25.1 Å². The molecule has 45 heavy (non-hydrogen) atoms. The van der Waals surface area contributed by atoms with Crippen molar-refractivity contribution in [2.75, 3.05) is 26.2 Å². The van der Waals surface area contributed by atoms with E-state index in [1.165, 1.54) is 0 Å². The Hall–Kier alpha value is -2.71. The van der Waals surface area contributed by atoms with E-state index in [4.69, 9.17) is 30.9 Å². The molecule has 0 saturated carbocycles. The molecule has 0 atom stereocenters. The molecular weight excluding hydrogens is 700 g/mol. The maximum Gasteiger partial charge on any atom is 4.00 e. The summed E-state index contributed by atoms with van der Waals surface area (Å²) in [5, 5.41) is 0. The van der Waals surface area contributed by atoms with Crippen LogP contribution < -0.4 is 0 Å². The van der Waals surface area contributed by atoms with Crippen molar-refractivity contribution in [1.29, 1.82) is 0 Å². The maximum atomic E-state index is 10.7. The first-order valence-corrected chi connectivity index (χ1v) is 15.2. The second kappa shape index (κ2) is 16.7. The molecule has 11 nitrogen and oxygen atoms in total. The molecule has 0 aromatic carbocycles. The topological polar surface area (TPSA) is 160 Å². The Morgan fingerprint density at radius 2 is 1.02 bits per heavy atom. The van der Waals surface area contributed by atoms with Crippen LogP contribution in [0.3, 0.4) is 0 Å². The largest absolute Gasteiger partial charge is 4.00 e. The minimum absolute atomic E-state index is 0. The van der Waals surface area contributed by atoms with Gasteiger partial charge < -0.3 is 9.11 Å². The van der Waals surface area contributed by atoms with Crippen LogP contribution in [0.1, 0.15) is 24.0 Å². The van der Waals surface area contributed by atoms with Gasteiger partial charge in [-0.3, -0.25) is 24.8 Å². The predicted molar refractivity (Wildman–Crippen MR) is 142 cm³/mol. The van der Waals surface area contributed by atoms with Crippen LogP contribution in [0.4, 0.5) is 26.3 Å². The van der Waals surface area contributed by atoms with Crippen molar-refractivity contribution in [3.05, 3.63) is 90.3 Å². The van der Waals surface area contributed by atoms with Gasteiger partial charge in [0.2, 0.25) is 0 Å². The molecule has 0 amide bonds. The molecule has 3 aromatic heterocycles. The number of halogens is 6. The predicted octanol–water partition coefficient (Wildman–Crippen LogP) is 3.25. The Kier molecular flexibility index (Phi) is 15.0. The third kappa shape index (κ3) is 13.7. The second-order valence-corrected chi connectivity index (χ2v) is 12.4. The van der Waals surface area contributed by atoms with Crippen LogP contribution in [0, 0.1) is 0 Å². The van der Waals surface area contributed by atoms with E-state index in [0.29, 0.717) is 0 Å². The summed E-state index contributed by atoms with van der Waals surface area (Å²) in [5.41, 5.74) is -7.97. The number of hydrogen-bond acceptors (Lipinski definition) is 11. The first-order valence-electron chi connectivity index (χ1n) is 12.4. The monoisotopic (exact) mass is 727 g/mol. The van der Waals surface area contributed by atoms with E-state index in [-0.39, 0.29) is 22.5 Å². The van der Waals surface area contributed by atoms with Crippen LogP contribution >= 0.6 is 0 Å². The summed E-state index contributed by atoms with van der Waals surface area (Å²) in [5.74, 6) is 0. The van der Waals surface area contributed by atoms with Crippen molar-refractivity contribution in [1.82, 2.24) is 24.8 Å². The summed E-state index contributed by atoms with van der Waals surface area (Å²) in [6, 6.07) is 18.5. The van der Waals surface area contributed by atoms with Gasteiger partial charge in [0, 0.05) is 69.0 Å². The Labute approximate surface area is 266 Å². The fourth-order valence-electron chi connectivity index (χ4n) is 4.07. The number of aromatic nitrogens is 3. The molecule has 0 unspecified atom stereocenters. The van der Waals surface area contributed by atoms with E-state index < -0.39 is 31.3 Å². The standard InChI is InChI=1S/C23H27N5.2CHF3O3S.Fe/c1-23(22-10-4-7-13-26-22)18-27(16-20-8-2-5-11-24-20)14-15-28(19-23)17-21-9-3-6-12-25-21;2*2-1(3,4)8(5,6)7;/h2-13H,14-19H2,1H3;2*(H,5,6,7);/q;;;+4/p-2. The van der Waals surface area contributed by atoms with Gasteiger partial charge in [0.1, 0.15) is 0 Å². The van der Waals surface area contributed by atoms with E-state index in [2.05, 4.69) is 63.1 Å². The number of nitrogens with zero attached hydrogens (tertiary/aromatic N) is 5. The molecule has 0 aliphatic carbocycles. The second-order valence-electron chi connectivity index (χ2n) is 9.64. The number of hydrogen-bond donors (Lipinski definition) is 0. The number of rotatable bonds is 5. The molecule has 3 aromatic rings. The molecule has 0 bridgehead atoms. The van der Waals surface area contributed by atoms with Gasteiger partial charge >= 0.3 is 28.1 Å². The van der Waals surface area contributed by atoms with Gasteiger partial charge in [-0.25, -0.2) is 16.8 Å². The van der Waals surface area contributed by atoms with E-state index in [1.54, 1.807) is 0 Å². The van der Waals surface area contributed by atoms with Crippen LogP contribution in [0.5, 0.6) is 0 Å². The zero-order valence-corrected chi connectivity index (χ0v) is 26.0. The smallest absolute Gasteiger partial charge is 0.741 e. The molecule has 4 rings (SSSR count). The minimum Gasteiger partial charge on any atom is -0.741 e. The first-order chi connectivity index (χ1) is 20.2. The van der Waals surface area contributed by atoms with Crippen molar-refractivity contribution in [2.24, 2.45) is 0 Å². The average molecular weight is 727 g/mol. The first kappa shape index (κ1) is 40.3. The molecule has 1 fully saturated rings. The van der Waals surface area contributed by atoms with Gasteiger partial charge in [0.25, 0.3) is 0 Å². The number of alkyl halides is 6. The van der Waals surface area contributed by atoms with Crippen molar-refractivity contribution in [2.45, 2.75) is 36.4 Å². The van der Waals surface area contributed by atoms with Gasteiger partial charge in [-0.15, -0.1) is 0 Å². The van der Waals surface area contributed by atoms with Crippen LogP contribution in [-0.2, 0) is 55.8 Å². The Balaban J connectivity index is 0.000000495. The zero-order valence-electron chi connectivity index (χ0n) is 23.3. The van der Waals surface area contributed by atoms with Crippen LogP contribution in [0.25, 0.3) is 0 Å². The SMILES string of the molecule is CC1(c2ccccn2)CN(Cc2ccccn2)CCN(Cc2ccccn2)C1.O=S(=O)([O-])C(F)(F)F.O=S(=O)([O-])C(F)(F)F.[Fe+4]. The number of pyridine rings is 3. The van der Waals surface area contributed by atoms with Gasteiger partial charge in [0.05, 0.1) is 11.4 Å². The summed E-state index contributed by atoms with van der Waals surface area (Å²) in [6.45, 7) is 7.98. The molecule has 0 radical (unpaired) electrons. The van der Waals surface area contributed by atoms with Crippen LogP contribution in [0.15, 0.2) is 73.2 Å². The summed E-state index contributed by atoms with van der Waals surface area (Å²) in [6.07, 6.45) is 5.65. The fourth-order valence-corrected chi connectivity index (χ4v) is 4.07. The molecule has 1 saturated heterocycles. The van der Waals surface area contributed by atoms with E-state index >= 15 is 0 Å². The average Bonchev–Trinajstić information content (AvgIpc) is 3.07. The molecule has 0 spiro atoms. The van der Waals surface area contributed by atoms with Crippen LogP contribution in [-0.4, -0.2) is 87.9 Å². The third-order valence-electron chi connectivity index (χ3n) is 5.95. The Bertz CT molecular complexity index is 1430. The molecule has 1 aliphatic rings. The van der Waals surface area contributed by atoms with E-state index in [0.717, 1.165) is 56.4 Å². The summed E-state index contributed by atoms with van der Waals surface area (Å²) in [7, 11) is -12.2. The van der Waals surface area contributed by atoms with Crippen molar-refractivity contribution < 1.29 is 69.4 Å². The van der Waals surface area contributed by atoms with Gasteiger partial charge in [-0.05, 0) is 36.4 Å². The Morgan fingerprint density at radius 1 is 0.689 bits per heavy atom. The molecule has 0 N–H and O–H groups in total. The molecule has 248 valence electrons. The van der Waals surface area contributed by atoms with Gasteiger partial charge in [0.15, 0.2) is 20.2 Å². The summed E-state index contributed by atoms with van der Waals surface area (Å²) < 4.78 is 118. The molecule has 20 heteroatoms. The Morgan fingerprint density at radius 3 is 1.29 bits per heavy atom. The van der Waals surface area contributed by atoms with Crippen molar-refractivity contribution in [3.8, 4) is 0 Å². The fraction of sp³-hybridized carbons (Fsp3) is 0.400. The minimum atomic E-state index is -6.09. The van der Waals surface area contributed by atoms with E-state index in [1.807, 2.05) is 36.8 Å². The maximum absolute atomic E-state index is 10.7. The van der Waals surface area contributed by atoms with Crippen molar-refractivity contribution in [3.63, 3.8) is 0 Å².